The summed E-state index contributed by atoms with van der Waals surface area (Å²) in [6, 6.07) is -0.708. The van der Waals surface area contributed by atoms with Crippen LogP contribution in [0.1, 0.15) is 19.7 Å². The third-order valence-electron chi connectivity index (χ3n) is 2.72. The molecule has 0 spiro atoms. The molecule has 1 atom stereocenters. The average molecular weight is 249 g/mol. The first-order valence-electron chi connectivity index (χ1n) is 5.66. The van der Waals surface area contributed by atoms with Crippen molar-refractivity contribution >= 4 is 17.4 Å². The van der Waals surface area contributed by atoms with E-state index in [1.54, 1.807) is 16.8 Å². The minimum Gasteiger partial charge on any atom is -0.480 e. The van der Waals surface area contributed by atoms with Crippen molar-refractivity contribution in [3.63, 3.8) is 0 Å². The smallest absolute Gasteiger partial charge is 0.326 e. The molecule has 0 radical (unpaired) electrons. The van der Waals surface area contributed by atoms with Gasteiger partial charge in [0.1, 0.15) is 11.9 Å². The number of carboxylic acids is 1. The highest BCUT2D eigenvalue weighted by Crippen LogP contribution is 2.15. The Labute approximate surface area is 104 Å². The van der Waals surface area contributed by atoms with Gasteiger partial charge in [0.25, 0.3) is 0 Å². The average Bonchev–Trinajstić information content (AvgIpc) is 2.68. The molecule has 2 aromatic rings. The fraction of sp³-hybridized carbons (Fsp3) is 0.455. The van der Waals surface area contributed by atoms with Gasteiger partial charge in [0.15, 0.2) is 5.82 Å². The van der Waals surface area contributed by atoms with Crippen molar-refractivity contribution in [3.05, 3.63) is 18.2 Å². The van der Waals surface area contributed by atoms with Gasteiger partial charge in [-0.05, 0) is 12.8 Å². The molecule has 96 valence electrons. The monoisotopic (exact) mass is 249 g/mol. The highest BCUT2D eigenvalue weighted by molar-refractivity contribution is 5.79. The Hall–Kier alpha value is -2.18. The topological polar surface area (TPSA) is 92.4 Å². The summed E-state index contributed by atoms with van der Waals surface area (Å²) in [5.74, 6) is 0.185. The van der Waals surface area contributed by atoms with Gasteiger partial charge in [-0.15, -0.1) is 10.2 Å². The molecule has 7 heteroatoms. The van der Waals surface area contributed by atoms with Crippen LogP contribution in [0.2, 0.25) is 0 Å². The van der Waals surface area contributed by atoms with Crippen molar-refractivity contribution in [1.82, 2.24) is 19.6 Å². The molecule has 2 aromatic heterocycles. The third kappa shape index (κ3) is 2.11. The summed E-state index contributed by atoms with van der Waals surface area (Å²) < 4.78 is 1.76. The molecule has 0 aliphatic heterocycles. The second-order valence-electron chi connectivity index (χ2n) is 4.42. The minimum atomic E-state index is -0.912. The molecular weight excluding hydrogens is 234 g/mol. The Morgan fingerprint density at radius 3 is 2.78 bits per heavy atom. The Morgan fingerprint density at radius 1 is 1.44 bits per heavy atom. The van der Waals surface area contributed by atoms with Crippen LogP contribution in [0.5, 0.6) is 0 Å². The van der Waals surface area contributed by atoms with Gasteiger partial charge in [0.2, 0.25) is 5.65 Å². The van der Waals surface area contributed by atoms with Gasteiger partial charge in [0, 0.05) is 12.4 Å². The molecule has 0 fully saturated rings. The van der Waals surface area contributed by atoms with Crippen LogP contribution in [0.25, 0.3) is 5.65 Å². The van der Waals surface area contributed by atoms with Gasteiger partial charge in [-0.1, -0.05) is 13.8 Å². The summed E-state index contributed by atoms with van der Waals surface area (Å²) in [6.07, 6.45) is 3.33. The van der Waals surface area contributed by atoms with E-state index in [0.717, 1.165) is 5.82 Å². The number of carboxylic acid groups (broad SMARTS) is 1. The van der Waals surface area contributed by atoms with Gasteiger partial charge in [-0.3, -0.25) is 4.40 Å². The number of rotatable bonds is 4. The molecule has 7 nitrogen and oxygen atoms in total. The fourth-order valence-corrected chi connectivity index (χ4v) is 1.70. The number of hydrogen-bond acceptors (Lipinski definition) is 5. The van der Waals surface area contributed by atoms with Crippen molar-refractivity contribution < 1.29 is 9.90 Å². The molecule has 2 N–H and O–H groups in total. The Bertz CT molecular complexity index is 578. The first-order valence-corrected chi connectivity index (χ1v) is 5.66. The van der Waals surface area contributed by atoms with Gasteiger partial charge in [-0.2, -0.15) is 0 Å². The first-order chi connectivity index (χ1) is 8.50. The number of aliphatic carboxylic acids is 1. The number of fused-ring (bicyclic) bond motifs is 1. The molecule has 0 bridgehead atoms. The number of aryl methyl sites for hydroxylation is 1. The van der Waals surface area contributed by atoms with Crippen LogP contribution in [0.3, 0.4) is 0 Å². The predicted octanol–water partition coefficient (Wildman–Crippen LogP) is 0.954. The van der Waals surface area contributed by atoms with Crippen molar-refractivity contribution in [1.29, 1.82) is 0 Å². The lowest BCUT2D eigenvalue weighted by Gasteiger charge is -2.18. The SMILES string of the molecule is Cc1nnc2c(N[C@H](C(=O)O)C(C)C)nccn12. The summed E-state index contributed by atoms with van der Waals surface area (Å²) >= 11 is 0. The number of anilines is 1. The normalized spacial score (nSPS) is 12.9. The van der Waals surface area contributed by atoms with Crippen molar-refractivity contribution in [2.24, 2.45) is 5.92 Å². The van der Waals surface area contributed by atoms with E-state index in [0.29, 0.717) is 11.5 Å². The molecule has 0 aliphatic carbocycles. The Morgan fingerprint density at radius 2 is 2.17 bits per heavy atom. The number of aromatic nitrogens is 4. The molecule has 0 aliphatic rings. The second kappa shape index (κ2) is 4.59. The van der Waals surface area contributed by atoms with Crippen LogP contribution >= 0.6 is 0 Å². The molecule has 2 rings (SSSR count). The zero-order valence-electron chi connectivity index (χ0n) is 10.5. The number of nitrogens with one attached hydrogen (secondary N) is 1. The van der Waals surface area contributed by atoms with Crippen LogP contribution in [-0.4, -0.2) is 36.7 Å². The molecule has 2 heterocycles. The maximum atomic E-state index is 11.2. The maximum Gasteiger partial charge on any atom is 0.326 e. The van der Waals surface area contributed by atoms with E-state index < -0.39 is 12.0 Å². The van der Waals surface area contributed by atoms with Gasteiger partial charge >= 0.3 is 5.97 Å². The summed E-state index contributed by atoms with van der Waals surface area (Å²) in [5, 5.41) is 20.0. The molecule has 0 saturated carbocycles. The van der Waals surface area contributed by atoms with Crippen LogP contribution in [-0.2, 0) is 4.79 Å². The largest absolute Gasteiger partial charge is 0.480 e. The van der Waals surface area contributed by atoms with E-state index in [9.17, 15) is 4.79 Å². The highest BCUT2D eigenvalue weighted by Gasteiger charge is 2.23. The highest BCUT2D eigenvalue weighted by atomic mass is 16.4. The van der Waals surface area contributed by atoms with E-state index in [1.165, 1.54) is 0 Å². The van der Waals surface area contributed by atoms with E-state index in [-0.39, 0.29) is 5.92 Å². The molecule has 0 amide bonds. The summed E-state index contributed by atoms with van der Waals surface area (Å²) in [5.41, 5.74) is 0.530. The number of carbonyl (C=O) groups is 1. The van der Waals surface area contributed by atoms with E-state index in [4.69, 9.17) is 5.11 Å². The lowest BCUT2D eigenvalue weighted by atomic mass is 10.1. The Balaban J connectivity index is 2.39. The zero-order chi connectivity index (χ0) is 13.3. The van der Waals surface area contributed by atoms with Crippen molar-refractivity contribution in [2.75, 3.05) is 5.32 Å². The fourth-order valence-electron chi connectivity index (χ4n) is 1.70. The standard InChI is InChI=1S/C11H15N5O2/c1-6(2)8(11(17)18)13-9-10-15-14-7(3)16(10)5-4-12-9/h4-6,8H,1-3H3,(H,12,13)(H,17,18)/t8-/m0/s1. The van der Waals surface area contributed by atoms with Crippen LogP contribution < -0.4 is 5.32 Å². The third-order valence-corrected chi connectivity index (χ3v) is 2.72. The summed E-state index contributed by atoms with van der Waals surface area (Å²) in [6.45, 7) is 5.49. The quantitative estimate of drug-likeness (QED) is 0.838. The van der Waals surface area contributed by atoms with Crippen LogP contribution in [0.15, 0.2) is 12.4 Å². The van der Waals surface area contributed by atoms with Crippen molar-refractivity contribution in [2.45, 2.75) is 26.8 Å². The summed E-state index contributed by atoms with van der Waals surface area (Å²) in [7, 11) is 0. The molecular formula is C11H15N5O2. The van der Waals surface area contributed by atoms with Crippen LogP contribution in [0.4, 0.5) is 5.82 Å². The van der Waals surface area contributed by atoms with Crippen LogP contribution in [0, 0.1) is 12.8 Å². The second-order valence-corrected chi connectivity index (χ2v) is 4.42. The van der Waals surface area contributed by atoms with Gasteiger partial charge in [0.05, 0.1) is 0 Å². The number of hydrogen-bond donors (Lipinski definition) is 2. The zero-order valence-corrected chi connectivity index (χ0v) is 10.5. The molecule has 0 aromatic carbocycles. The molecule has 0 saturated heterocycles. The number of nitrogens with zero attached hydrogens (tertiary/aromatic N) is 4. The predicted molar refractivity (Wildman–Crippen MR) is 65.4 cm³/mol. The van der Waals surface area contributed by atoms with Gasteiger partial charge < -0.3 is 10.4 Å². The van der Waals surface area contributed by atoms with Crippen molar-refractivity contribution in [3.8, 4) is 0 Å². The maximum absolute atomic E-state index is 11.2. The molecule has 18 heavy (non-hydrogen) atoms. The summed E-state index contributed by atoms with van der Waals surface area (Å²) in [4.78, 5) is 15.3. The molecule has 0 unspecified atom stereocenters. The van der Waals surface area contributed by atoms with E-state index >= 15 is 0 Å². The minimum absolute atomic E-state index is 0.0615. The van der Waals surface area contributed by atoms with Gasteiger partial charge in [-0.25, -0.2) is 9.78 Å². The van der Waals surface area contributed by atoms with E-state index in [1.807, 2.05) is 20.8 Å². The van der Waals surface area contributed by atoms with E-state index in [2.05, 4.69) is 20.5 Å². The first kappa shape index (κ1) is 12.3. The lowest BCUT2D eigenvalue weighted by Crippen LogP contribution is -2.34. The Kier molecular flexibility index (Phi) is 3.14. The lowest BCUT2D eigenvalue weighted by molar-refractivity contribution is -0.138.